The summed E-state index contributed by atoms with van der Waals surface area (Å²) in [7, 11) is 0. The summed E-state index contributed by atoms with van der Waals surface area (Å²) in [5.74, 6) is 0.957. The van der Waals surface area contributed by atoms with Crippen molar-refractivity contribution >= 4 is 11.6 Å². The summed E-state index contributed by atoms with van der Waals surface area (Å²) in [6, 6.07) is 12.1. The fourth-order valence-corrected chi connectivity index (χ4v) is 2.63. The van der Waals surface area contributed by atoms with Crippen LogP contribution >= 0.6 is 0 Å². The molecule has 2 aromatic rings. The second-order valence-corrected chi connectivity index (χ2v) is 5.88. The molecule has 1 aliphatic rings. The first-order chi connectivity index (χ1) is 10.6. The van der Waals surface area contributed by atoms with Crippen LogP contribution in [0.15, 0.2) is 40.9 Å². The lowest BCUT2D eigenvalue weighted by Crippen LogP contribution is -2.48. The Morgan fingerprint density at radius 2 is 1.82 bits per heavy atom. The lowest BCUT2D eigenvalue weighted by molar-refractivity contribution is 0.0736. The number of amides is 1. The minimum Gasteiger partial charge on any atom is -0.368 e. The minimum atomic E-state index is -0.0386. The van der Waals surface area contributed by atoms with Crippen molar-refractivity contribution in [1.29, 1.82) is 0 Å². The first kappa shape index (κ1) is 14.6. The molecule has 1 amide bonds. The van der Waals surface area contributed by atoms with Crippen LogP contribution in [0, 0.1) is 0 Å². The van der Waals surface area contributed by atoms with Crippen LogP contribution in [-0.2, 0) is 0 Å². The molecule has 1 fully saturated rings. The van der Waals surface area contributed by atoms with Gasteiger partial charge in [-0.15, -0.1) is 0 Å². The molecule has 22 heavy (non-hydrogen) atoms. The third-order valence-electron chi connectivity index (χ3n) is 4.00. The Balaban J connectivity index is 1.62. The van der Waals surface area contributed by atoms with Crippen molar-refractivity contribution in [1.82, 2.24) is 10.1 Å². The topological polar surface area (TPSA) is 49.6 Å². The van der Waals surface area contributed by atoms with Gasteiger partial charge in [-0.2, -0.15) is 0 Å². The van der Waals surface area contributed by atoms with Gasteiger partial charge < -0.3 is 14.3 Å². The molecular formula is C17H21N3O2. The number of anilines is 1. The van der Waals surface area contributed by atoms with Crippen molar-refractivity contribution in [3.8, 4) is 0 Å². The molecule has 2 heterocycles. The third-order valence-corrected chi connectivity index (χ3v) is 4.00. The Kier molecular flexibility index (Phi) is 4.13. The molecule has 5 nitrogen and oxygen atoms in total. The van der Waals surface area contributed by atoms with Crippen LogP contribution in [0.25, 0.3) is 0 Å². The maximum absolute atomic E-state index is 12.5. The highest BCUT2D eigenvalue weighted by Gasteiger charge is 2.25. The highest BCUT2D eigenvalue weighted by atomic mass is 16.5. The van der Waals surface area contributed by atoms with E-state index < -0.39 is 0 Å². The van der Waals surface area contributed by atoms with Crippen LogP contribution in [0.5, 0.6) is 0 Å². The summed E-state index contributed by atoms with van der Waals surface area (Å²) in [5, 5.41) is 3.91. The van der Waals surface area contributed by atoms with Gasteiger partial charge >= 0.3 is 0 Å². The van der Waals surface area contributed by atoms with Crippen LogP contribution in [0.4, 0.5) is 5.69 Å². The van der Waals surface area contributed by atoms with Gasteiger partial charge in [0.05, 0.1) is 0 Å². The predicted octanol–water partition coefficient (Wildman–Crippen LogP) is 2.76. The van der Waals surface area contributed by atoms with Crippen molar-refractivity contribution in [3.63, 3.8) is 0 Å². The van der Waals surface area contributed by atoms with E-state index in [1.807, 2.05) is 36.9 Å². The Morgan fingerprint density at radius 3 is 2.41 bits per heavy atom. The van der Waals surface area contributed by atoms with E-state index in [0.29, 0.717) is 18.8 Å². The molecule has 116 valence electrons. The van der Waals surface area contributed by atoms with E-state index in [1.165, 1.54) is 5.69 Å². The largest absolute Gasteiger partial charge is 0.368 e. The Morgan fingerprint density at radius 1 is 1.14 bits per heavy atom. The average molecular weight is 299 g/mol. The van der Waals surface area contributed by atoms with E-state index in [-0.39, 0.29) is 11.8 Å². The minimum absolute atomic E-state index is 0.0386. The number of nitrogens with zero attached hydrogens (tertiary/aromatic N) is 3. The molecule has 1 aromatic carbocycles. The van der Waals surface area contributed by atoms with Crippen molar-refractivity contribution < 1.29 is 9.32 Å². The van der Waals surface area contributed by atoms with Crippen LogP contribution in [-0.4, -0.2) is 42.1 Å². The van der Waals surface area contributed by atoms with Gasteiger partial charge in [0, 0.05) is 43.9 Å². The molecule has 0 N–H and O–H groups in total. The zero-order valence-electron chi connectivity index (χ0n) is 13.0. The quantitative estimate of drug-likeness (QED) is 0.874. The zero-order chi connectivity index (χ0) is 15.5. The summed E-state index contributed by atoms with van der Waals surface area (Å²) >= 11 is 0. The van der Waals surface area contributed by atoms with Gasteiger partial charge in [-0.1, -0.05) is 37.2 Å². The number of para-hydroxylation sites is 1. The summed E-state index contributed by atoms with van der Waals surface area (Å²) in [6.45, 7) is 7.13. The maximum atomic E-state index is 12.5. The van der Waals surface area contributed by atoms with Crippen LogP contribution in [0.2, 0.25) is 0 Å². The second kappa shape index (κ2) is 6.22. The smallest absolute Gasteiger partial charge is 0.276 e. The first-order valence-corrected chi connectivity index (χ1v) is 7.71. The molecule has 0 aliphatic carbocycles. The van der Waals surface area contributed by atoms with Crippen molar-refractivity contribution in [3.05, 3.63) is 47.9 Å². The number of aromatic nitrogens is 1. The monoisotopic (exact) mass is 299 g/mol. The highest BCUT2D eigenvalue weighted by Crippen LogP contribution is 2.19. The van der Waals surface area contributed by atoms with Gasteiger partial charge in [-0.3, -0.25) is 4.79 Å². The molecular weight excluding hydrogens is 278 g/mol. The molecule has 0 unspecified atom stereocenters. The fraction of sp³-hybridized carbons (Fsp3) is 0.412. The number of carbonyl (C=O) groups excluding carboxylic acids is 1. The average Bonchev–Trinajstić information content (AvgIpc) is 3.05. The van der Waals surface area contributed by atoms with E-state index in [2.05, 4.69) is 22.2 Å². The summed E-state index contributed by atoms with van der Waals surface area (Å²) in [5.41, 5.74) is 1.62. The maximum Gasteiger partial charge on any atom is 0.276 e. The SMILES string of the molecule is CC(C)c1cc(C(=O)N2CCN(c3ccccc3)CC2)no1. The molecule has 3 rings (SSSR count). The molecule has 1 aromatic heterocycles. The van der Waals surface area contributed by atoms with Gasteiger partial charge in [0.25, 0.3) is 5.91 Å². The normalized spacial score (nSPS) is 15.4. The molecule has 1 aliphatic heterocycles. The van der Waals surface area contributed by atoms with Gasteiger partial charge in [0.2, 0.25) is 0 Å². The Hall–Kier alpha value is -2.30. The molecule has 0 saturated carbocycles. The highest BCUT2D eigenvalue weighted by molar-refractivity contribution is 5.92. The molecule has 0 bridgehead atoms. The fourth-order valence-electron chi connectivity index (χ4n) is 2.63. The first-order valence-electron chi connectivity index (χ1n) is 7.71. The van der Waals surface area contributed by atoms with Crippen LogP contribution < -0.4 is 4.90 Å². The summed E-state index contributed by atoms with van der Waals surface area (Å²) in [6.07, 6.45) is 0. The van der Waals surface area contributed by atoms with Gasteiger partial charge in [0.15, 0.2) is 5.69 Å². The lowest BCUT2D eigenvalue weighted by Gasteiger charge is -2.35. The van der Waals surface area contributed by atoms with E-state index in [4.69, 9.17) is 4.52 Å². The second-order valence-electron chi connectivity index (χ2n) is 5.88. The van der Waals surface area contributed by atoms with E-state index >= 15 is 0 Å². The molecule has 0 radical (unpaired) electrons. The summed E-state index contributed by atoms with van der Waals surface area (Å²) < 4.78 is 5.22. The van der Waals surface area contributed by atoms with Crippen molar-refractivity contribution in [2.24, 2.45) is 0 Å². The van der Waals surface area contributed by atoms with Crippen molar-refractivity contribution in [2.75, 3.05) is 31.1 Å². The van der Waals surface area contributed by atoms with Crippen LogP contribution in [0.1, 0.15) is 36.0 Å². The third kappa shape index (κ3) is 2.98. The van der Waals surface area contributed by atoms with E-state index in [0.717, 1.165) is 18.8 Å². The number of rotatable bonds is 3. The molecule has 1 saturated heterocycles. The number of piperazine rings is 1. The molecule has 0 atom stereocenters. The lowest BCUT2D eigenvalue weighted by atomic mass is 10.1. The number of hydrogen-bond acceptors (Lipinski definition) is 4. The van der Waals surface area contributed by atoms with E-state index in [1.54, 1.807) is 6.07 Å². The van der Waals surface area contributed by atoms with Crippen LogP contribution in [0.3, 0.4) is 0 Å². The number of carbonyl (C=O) groups is 1. The standard InChI is InChI=1S/C17H21N3O2/c1-13(2)16-12-15(18-22-16)17(21)20-10-8-19(9-11-20)14-6-4-3-5-7-14/h3-7,12-13H,8-11H2,1-2H3. The Bertz CT molecular complexity index is 628. The van der Waals surface area contributed by atoms with Gasteiger partial charge in [-0.05, 0) is 12.1 Å². The van der Waals surface area contributed by atoms with Crippen molar-refractivity contribution in [2.45, 2.75) is 19.8 Å². The Labute approximate surface area is 130 Å². The molecule has 0 spiro atoms. The van der Waals surface area contributed by atoms with Gasteiger partial charge in [-0.25, -0.2) is 0 Å². The number of benzene rings is 1. The predicted molar refractivity (Wildman–Crippen MR) is 85.2 cm³/mol. The zero-order valence-corrected chi connectivity index (χ0v) is 13.0. The summed E-state index contributed by atoms with van der Waals surface area (Å²) in [4.78, 5) is 16.6. The number of hydrogen-bond donors (Lipinski definition) is 0. The molecule has 5 heteroatoms. The van der Waals surface area contributed by atoms with Gasteiger partial charge in [0.1, 0.15) is 5.76 Å². The van der Waals surface area contributed by atoms with E-state index in [9.17, 15) is 4.79 Å².